The van der Waals surface area contributed by atoms with Crippen molar-refractivity contribution >= 4 is 18.1 Å². The second-order valence-corrected chi connectivity index (χ2v) is 2.40. The molecule has 60 valence electrons. The van der Waals surface area contributed by atoms with Crippen molar-refractivity contribution in [2.75, 3.05) is 0 Å². The Morgan fingerprint density at radius 1 is 1.42 bits per heavy atom. The van der Waals surface area contributed by atoms with E-state index in [-0.39, 0.29) is 0 Å². The molecular formula is C6H6BN3O2. The second-order valence-electron chi connectivity index (χ2n) is 2.40. The summed E-state index contributed by atoms with van der Waals surface area (Å²) in [7, 11) is -1.48. The van der Waals surface area contributed by atoms with Crippen molar-refractivity contribution in [2.24, 2.45) is 0 Å². The maximum Gasteiger partial charge on any atom is 0.490 e. The zero-order chi connectivity index (χ0) is 8.55. The van der Waals surface area contributed by atoms with Gasteiger partial charge in [0, 0.05) is 11.7 Å². The van der Waals surface area contributed by atoms with Crippen molar-refractivity contribution in [3.05, 3.63) is 24.5 Å². The fraction of sp³-hybridized carbons (Fsp3) is 0. The highest BCUT2D eigenvalue weighted by molar-refractivity contribution is 6.61. The van der Waals surface area contributed by atoms with Crippen LogP contribution in [0.4, 0.5) is 0 Å². The second kappa shape index (κ2) is 2.58. The summed E-state index contributed by atoms with van der Waals surface area (Å²) in [5.41, 5.74) is 1.01. The number of nitrogens with zero attached hydrogens (tertiary/aromatic N) is 3. The van der Waals surface area contributed by atoms with Crippen LogP contribution in [0.2, 0.25) is 0 Å². The minimum Gasteiger partial charge on any atom is -0.423 e. The van der Waals surface area contributed by atoms with Crippen LogP contribution in [0.15, 0.2) is 24.5 Å². The Kier molecular flexibility index (Phi) is 1.56. The number of rotatable bonds is 1. The molecule has 0 spiro atoms. The highest BCUT2D eigenvalue weighted by atomic mass is 16.4. The van der Waals surface area contributed by atoms with Crippen LogP contribution in [0.25, 0.3) is 5.52 Å². The van der Waals surface area contributed by atoms with Crippen LogP contribution in [0.5, 0.6) is 0 Å². The molecule has 0 saturated carbocycles. The molecule has 0 aliphatic rings. The maximum absolute atomic E-state index is 8.93. The van der Waals surface area contributed by atoms with Gasteiger partial charge in [-0.3, -0.25) is 0 Å². The SMILES string of the molecule is OB(O)c1cccn2nncc12. The van der Waals surface area contributed by atoms with Gasteiger partial charge in [0.05, 0.1) is 11.7 Å². The van der Waals surface area contributed by atoms with Crippen LogP contribution < -0.4 is 5.46 Å². The lowest BCUT2D eigenvalue weighted by molar-refractivity contribution is 0.426. The normalized spacial score (nSPS) is 10.5. The van der Waals surface area contributed by atoms with Crippen LogP contribution in [0.1, 0.15) is 0 Å². The Labute approximate surface area is 68.4 Å². The number of fused-ring (bicyclic) bond motifs is 1. The van der Waals surface area contributed by atoms with E-state index < -0.39 is 7.12 Å². The van der Waals surface area contributed by atoms with Gasteiger partial charge in [-0.25, -0.2) is 4.52 Å². The van der Waals surface area contributed by atoms with E-state index in [9.17, 15) is 0 Å². The quantitative estimate of drug-likeness (QED) is 0.497. The lowest BCUT2D eigenvalue weighted by Gasteiger charge is -1.99. The van der Waals surface area contributed by atoms with Gasteiger partial charge < -0.3 is 10.0 Å². The molecule has 2 aromatic heterocycles. The van der Waals surface area contributed by atoms with Crippen LogP contribution in [-0.4, -0.2) is 32.0 Å². The highest BCUT2D eigenvalue weighted by Gasteiger charge is 2.14. The van der Waals surface area contributed by atoms with Crippen LogP contribution in [-0.2, 0) is 0 Å². The predicted octanol–water partition coefficient (Wildman–Crippen LogP) is -1.59. The molecule has 0 aliphatic heterocycles. The first-order chi connectivity index (χ1) is 5.79. The molecule has 0 unspecified atom stereocenters. The average Bonchev–Trinajstić information content (AvgIpc) is 2.49. The van der Waals surface area contributed by atoms with Crippen LogP contribution in [0.3, 0.4) is 0 Å². The van der Waals surface area contributed by atoms with Crippen molar-refractivity contribution in [1.29, 1.82) is 0 Å². The van der Waals surface area contributed by atoms with Gasteiger partial charge in [-0.15, -0.1) is 5.10 Å². The van der Waals surface area contributed by atoms with Gasteiger partial charge in [-0.2, -0.15) is 0 Å². The summed E-state index contributed by atoms with van der Waals surface area (Å²) in [5.74, 6) is 0. The van der Waals surface area contributed by atoms with Crippen molar-refractivity contribution in [1.82, 2.24) is 14.8 Å². The van der Waals surface area contributed by atoms with E-state index in [4.69, 9.17) is 10.0 Å². The van der Waals surface area contributed by atoms with E-state index in [1.165, 1.54) is 10.7 Å². The molecule has 5 nitrogen and oxygen atoms in total. The summed E-state index contributed by atoms with van der Waals surface area (Å²) >= 11 is 0. The van der Waals surface area contributed by atoms with Crippen LogP contribution >= 0.6 is 0 Å². The van der Waals surface area contributed by atoms with Crippen molar-refractivity contribution in [2.45, 2.75) is 0 Å². The summed E-state index contributed by atoms with van der Waals surface area (Å²) in [6.07, 6.45) is 3.17. The van der Waals surface area contributed by atoms with E-state index in [2.05, 4.69) is 10.3 Å². The lowest BCUT2D eigenvalue weighted by Crippen LogP contribution is -2.31. The molecule has 2 heterocycles. The fourth-order valence-corrected chi connectivity index (χ4v) is 1.09. The van der Waals surface area contributed by atoms with Gasteiger partial charge in [0.15, 0.2) is 0 Å². The average molecular weight is 163 g/mol. The summed E-state index contributed by atoms with van der Waals surface area (Å²) in [6.45, 7) is 0. The van der Waals surface area contributed by atoms with Gasteiger partial charge in [0.1, 0.15) is 0 Å². The smallest absolute Gasteiger partial charge is 0.423 e. The lowest BCUT2D eigenvalue weighted by atomic mass is 9.80. The zero-order valence-electron chi connectivity index (χ0n) is 6.12. The molecule has 0 aromatic carbocycles. The summed E-state index contributed by atoms with van der Waals surface area (Å²) < 4.78 is 1.48. The molecule has 0 atom stereocenters. The molecule has 0 fully saturated rings. The van der Waals surface area contributed by atoms with Crippen molar-refractivity contribution < 1.29 is 10.0 Å². The van der Waals surface area contributed by atoms with Gasteiger partial charge in [-0.1, -0.05) is 11.3 Å². The molecular weight excluding hydrogens is 157 g/mol. The molecule has 0 radical (unpaired) electrons. The van der Waals surface area contributed by atoms with E-state index >= 15 is 0 Å². The zero-order valence-corrected chi connectivity index (χ0v) is 6.12. The number of hydrogen-bond donors (Lipinski definition) is 2. The van der Waals surface area contributed by atoms with Gasteiger partial charge in [0.25, 0.3) is 0 Å². The minimum absolute atomic E-state index is 0.405. The third kappa shape index (κ3) is 0.974. The van der Waals surface area contributed by atoms with E-state index in [1.54, 1.807) is 18.3 Å². The number of hydrogen-bond acceptors (Lipinski definition) is 4. The highest BCUT2D eigenvalue weighted by Crippen LogP contribution is 1.95. The number of pyridine rings is 1. The van der Waals surface area contributed by atoms with Gasteiger partial charge >= 0.3 is 7.12 Å². The molecule has 2 aromatic rings. The Morgan fingerprint density at radius 2 is 2.25 bits per heavy atom. The maximum atomic E-state index is 8.93. The summed E-state index contributed by atoms with van der Waals surface area (Å²) in [6, 6.07) is 3.29. The third-order valence-electron chi connectivity index (χ3n) is 1.65. The monoisotopic (exact) mass is 163 g/mol. The Hall–Kier alpha value is -1.40. The van der Waals surface area contributed by atoms with Gasteiger partial charge in [0.2, 0.25) is 0 Å². The van der Waals surface area contributed by atoms with E-state index in [0.29, 0.717) is 11.0 Å². The molecule has 0 amide bonds. The third-order valence-corrected chi connectivity index (χ3v) is 1.65. The minimum atomic E-state index is -1.48. The largest absolute Gasteiger partial charge is 0.490 e. The number of aromatic nitrogens is 3. The van der Waals surface area contributed by atoms with Gasteiger partial charge in [-0.05, 0) is 6.07 Å². The summed E-state index contributed by atoms with van der Waals surface area (Å²) in [4.78, 5) is 0. The molecule has 0 aliphatic carbocycles. The Morgan fingerprint density at radius 3 is 3.00 bits per heavy atom. The summed E-state index contributed by atoms with van der Waals surface area (Å²) in [5, 5.41) is 25.2. The molecule has 2 rings (SSSR count). The standard InChI is InChI=1S/C6H6BN3O2/c11-7(12)5-2-1-3-10-6(5)4-8-9-10/h1-4,11-12H. The topological polar surface area (TPSA) is 70.7 Å². The fourth-order valence-electron chi connectivity index (χ4n) is 1.09. The van der Waals surface area contributed by atoms with Crippen LogP contribution in [0, 0.1) is 0 Å². The predicted molar refractivity (Wildman–Crippen MR) is 42.8 cm³/mol. The first kappa shape index (κ1) is 7.26. The first-order valence-electron chi connectivity index (χ1n) is 3.44. The van der Waals surface area contributed by atoms with Crippen molar-refractivity contribution in [3.63, 3.8) is 0 Å². The Bertz CT molecular complexity index is 400. The molecule has 2 N–H and O–H groups in total. The first-order valence-corrected chi connectivity index (χ1v) is 3.44. The van der Waals surface area contributed by atoms with E-state index in [0.717, 1.165) is 0 Å². The molecule has 0 bridgehead atoms. The molecule has 0 saturated heterocycles. The molecule has 6 heteroatoms. The van der Waals surface area contributed by atoms with Crippen molar-refractivity contribution in [3.8, 4) is 0 Å². The molecule has 12 heavy (non-hydrogen) atoms. The van der Waals surface area contributed by atoms with E-state index in [1.807, 2.05) is 0 Å². The Balaban J connectivity index is 2.73.